The number of carbonyl (C=O) groups is 2. The van der Waals surface area contributed by atoms with Gasteiger partial charge in [0, 0.05) is 5.69 Å². The van der Waals surface area contributed by atoms with E-state index in [0.29, 0.717) is 18.5 Å². The predicted octanol–water partition coefficient (Wildman–Crippen LogP) is 7.52. The zero-order valence-corrected chi connectivity index (χ0v) is 26.4. The zero-order valence-electron chi connectivity index (χ0n) is 24.2. The van der Waals surface area contributed by atoms with Crippen molar-refractivity contribution in [1.82, 2.24) is 3.11 Å². The molecule has 0 spiro atoms. The van der Waals surface area contributed by atoms with Crippen molar-refractivity contribution in [2.24, 2.45) is 0 Å². The summed E-state index contributed by atoms with van der Waals surface area (Å²) in [6.07, 6.45) is -2.41. The molecule has 1 fully saturated rings. The van der Waals surface area contributed by atoms with Crippen LogP contribution >= 0.6 is 20.1 Å². The number of benzene rings is 3. The van der Waals surface area contributed by atoms with Crippen LogP contribution < -0.4 is 10.6 Å². The maximum atomic E-state index is 13.3. The van der Waals surface area contributed by atoms with Crippen LogP contribution in [0.15, 0.2) is 66.7 Å². The fraction of sp³-hybridized carbons (Fsp3) is 0.375. The number of aryl methyl sites for hydroxylation is 1. The molecule has 1 saturated heterocycles. The standard InChI is InChI=1S/C32H37F3IN3O4/c1-36(2)39-17-7-11-26(20-39)43-31(42)38-29-18-22(13-16-27(29)23-9-4-3-5-10-23)8-6-12-30(41)37-25-15-14-24(21-40)28(19-25)32(33,34)35/h3-5,9-10,13-16,18-19,26,40H,6-8,11-12,17,20-21H2,1-2H3,(H,37,41)(H,38,42). The second-order valence-corrected chi connectivity index (χ2v) is 16.0. The minimum atomic E-state index is -4.64. The van der Waals surface area contributed by atoms with Crippen molar-refractivity contribution >= 4 is 43.5 Å². The summed E-state index contributed by atoms with van der Waals surface area (Å²) in [6, 6.07) is 18.7. The van der Waals surface area contributed by atoms with E-state index in [9.17, 15) is 27.9 Å². The fourth-order valence-corrected chi connectivity index (χ4v) is 7.57. The van der Waals surface area contributed by atoms with Gasteiger partial charge in [-0.25, -0.2) is 0 Å². The number of aliphatic hydroxyl groups is 1. The second kappa shape index (κ2) is 15.0. The average molecular weight is 712 g/mol. The van der Waals surface area contributed by atoms with Crippen molar-refractivity contribution in [2.45, 2.75) is 51.0 Å². The maximum absolute atomic E-state index is 13.3. The molecule has 4 rings (SSSR count). The van der Waals surface area contributed by atoms with E-state index >= 15 is 0 Å². The van der Waals surface area contributed by atoms with Crippen LogP contribution in [0.25, 0.3) is 11.1 Å². The molecule has 1 heterocycles. The number of alkyl halides is 5. The number of hydrogen-bond acceptors (Lipinski definition) is 5. The van der Waals surface area contributed by atoms with Gasteiger partial charge in [0.25, 0.3) is 0 Å². The molecule has 0 radical (unpaired) electrons. The summed E-state index contributed by atoms with van der Waals surface area (Å²) in [5.74, 6) is -0.418. The number of ether oxygens (including phenoxy) is 1. The molecule has 3 N–H and O–H groups in total. The van der Waals surface area contributed by atoms with E-state index in [1.54, 1.807) is 0 Å². The van der Waals surface area contributed by atoms with E-state index in [4.69, 9.17) is 4.74 Å². The zero-order chi connectivity index (χ0) is 31.0. The number of carbonyl (C=O) groups excluding carboxylic acids is 2. The number of hydrogen-bond donors (Lipinski definition) is 3. The topological polar surface area (TPSA) is 90.9 Å². The average Bonchev–Trinajstić information content (AvgIpc) is 2.97. The molecule has 11 heteroatoms. The van der Waals surface area contributed by atoms with Crippen molar-refractivity contribution in [2.75, 3.05) is 33.6 Å². The van der Waals surface area contributed by atoms with E-state index < -0.39 is 50.4 Å². The third-order valence-corrected chi connectivity index (χ3v) is 10.8. The molecular weight excluding hydrogens is 674 g/mol. The number of anilines is 2. The van der Waals surface area contributed by atoms with Gasteiger partial charge in [-0.1, -0.05) is 6.07 Å². The van der Waals surface area contributed by atoms with E-state index in [1.807, 2.05) is 48.5 Å². The molecule has 232 valence electrons. The van der Waals surface area contributed by atoms with Gasteiger partial charge in [0.1, 0.15) is 0 Å². The van der Waals surface area contributed by atoms with Gasteiger partial charge in [0.15, 0.2) is 0 Å². The molecule has 1 atom stereocenters. The van der Waals surface area contributed by atoms with Gasteiger partial charge >= 0.3 is 182 Å². The van der Waals surface area contributed by atoms with Gasteiger partial charge in [-0.3, -0.25) is 4.79 Å². The van der Waals surface area contributed by atoms with Crippen molar-refractivity contribution in [3.63, 3.8) is 0 Å². The number of aliphatic hydroxyl groups excluding tert-OH is 1. The quantitative estimate of drug-likeness (QED) is 0.115. The molecule has 0 aromatic heterocycles. The van der Waals surface area contributed by atoms with Crippen LogP contribution in [0.4, 0.5) is 29.3 Å². The molecule has 1 aliphatic rings. The van der Waals surface area contributed by atoms with Gasteiger partial charge in [0.2, 0.25) is 5.91 Å². The van der Waals surface area contributed by atoms with Crippen molar-refractivity contribution in [3.8, 4) is 11.1 Å². The Labute approximate surface area is 257 Å². The summed E-state index contributed by atoms with van der Waals surface area (Å²) >= 11 is -1.15. The molecule has 2 amide bonds. The Morgan fingerprint density at radius 1 is 1.05 bits per heavy atom. The van der Waals surface area contributed by atoms with Gasteiger partial charge in [-0.05, 0) is 17.7 Å². The van der Waals surface area contributed by atoms with Crippen LogP contribution in [0.5, 0.6) is 0 Å². The number of nitrogens with zero attached hydrogens (tertiary/aromatic N) is 1. The molecule has 0 bridgehead atoms. The molecule has 3 aromatic rings. The first-order valence-corrected chi connectivity index (χ1v) is 19.3. The van der Waals surface area contributed by atoms with Gasteiger partial charge < -0.3 is 10.4 Å². The summed E-state index contributed by atoms with van der Waals surface area (Å²) in [7, 11) is 0. The van der Waals surface area contributed by atoms with Gasteiger partial charge in [-0.15, -0.1) is 0 Å². The molecule has 43 heavy (non-hydrogen) atoms. The summed E-state index contributed by atoms with van der Waals surface area (Å²) < 4.78 is 48.2. The Morgan fingerprint density at radius 3 is 2.51 bits per heavy atom. The summed E-state index contributed by atoms with van der Waals surface area (Å²) in [5, 5.41) is 14.7. The van der Waals surface area contributed by atoms with Crippen LogP contribution in [-0.2, 0) is 28.7 Å². The van der Waals surface area contributed by atoms with Gasteiger partial charge in [0.05, 0.1) is 12.2 Å². The number of nitrogens with one attached hydrogen (secondary N) is 2. The Balaban J connectivity index is 1.40. The third kappa shape index (κ3) is 9.41. The van der Waals surface area contributed by atoms with Crippen molar-refractivity contribution in [1.29, 1.82) is 0 Å². The number of piperidine rings is 1. The first-order chi connectivity index (χ1) is 20.5. The van der Waals surface area contributed by atoms with Crippen LogP contribution in [0.1, 0.15) is 42.4 Å². The van der Waals surface area contributed by atoms with E-state index in [-0.39, 0.29) is 23.8 Å². The summed E-state index contributed by atoms with van der Waals surface area (Å²) in [4.78, 5) is 30.1. The third-order valence-electron chi connectivity index (χ3n) is 7.22. The van der Waals surface area contributed by atoms with Crippen molar-refractivity contribution in [3.05, 3.63) is 83.4 Å². The first kappa shape index (κ1) is 32.7. The number of amides is 2. The molecule has 1 aliphatic heterocycles. The van der Waals surface area contributed by atoms with Crippen molar-refractivity contribution < 1.29 is 32.6 Å². The Morgan fingerprint density at radius 2 is 1.81 bits per heavy atom. The van der Waals surface area contributed by atoms with Crippen LogP contribution in [-0.4, -0.2) is 49.3 Å². The Bertz CT molecular complexity index is 1400. The van der Waals surface area contributed by atoms with E-state index in [2.05, 4.69) is 23.6 Å². The summed E-state index contributed by atoms with van der Waals surface area (Å²) in [5.41, 5.74) is 2.06. The molecular formula is C32H37F3IN3O4. The van der Waals surface area contributed by atoms with E-state index in [1.165, 1.54) is 6.07 Å². The number of rotatable bonds is 10. The molecule has 3 aromatic carbocycles. The summed E-state index contributed by atoms with van der Waals surface area (Å²) in [6.45, 7) is 1.07. The molecule has 0 saturated carbocycles. The number of halogens is 4. The first-order valence-electron chi connectivity index (χ1n) is 14.1. The van der Waals surface area contributed by atoms with Gasteiger partial charge in [-0.2, -0.15) is 13.2 Å². The normalized spacial score (nSPS) is 16.0. The Kier molecular flexibility index (Phi) is 11.4. The SMILES string of the molecule is CI(C)N1CCCC(OC(=O)Nc2cc(CCCC(=O)Nc3ccc(CO)c(C(F)(F)F)c3)ccc2-c2ccccc2)C1. The second-order valence-electron chi connectivity index (χ2n) is 10.6. The molecule has 0 aliphatic carbocycles. The minimum absolute atomic E-state index is 0.0175. The fourth-order valence-electron chi connectivity index (χ4n) is 5.04. The molecule has 7 nitrogen and oxygen atoms in total. The van der Waals surface area contributed by atoms with Crippen LogP contribution in [0, 0.1) is 0 Å². The van der Waals surface area contributed by atoms with E-state index in [0.717, 1.165) is 54.8 Å². The monoisotopic (exact) mass is 711 g/mol. The van der Waals surface area contributed by atoms with Crippen LogP contribution in [0.3, 0.4) is 0 Å². The Hall–Kier alpha value is -3.16. The van der Waals surface area contributed by atoms with Crippen LogP contribution in [0.2, 0.25) is 0 Å². The predicted molar refractivity (Wildman–Crippen MR) is 171 cm³/mol. The molecule has 1 unspecified atom stereocenters.